The van der Waals surface area contributed by atoms with Gasteiger partial charge in [-0.05, 0) is 43.9 Å². The van der Waals surface area contributed by atoms with Gasteiger partial charge in [0.1, 0.15) is 5.82 Å². The maximum atomic E-state index is 11.3. The molecule has 0 unspecified atom stereocenters. The summed E-state index contributed by atoms with van der Waals surface area (Å²) in [6, 6.07) is 13.3. The Morgan fingerprint density at radius 3 is 2.59 bits per heavy atom. The average Bonchev–Trinajstić information content (AvgIpc) is 2.89. The first-order valence-electron chi connectivity index (χ1n) is 9.84. The smallest absolute Gasteiger partial charge is 0.271 e. The predicted molar refractivity (Wildman–Crippen MR) is 116 cm³/mol. The van der Waals surface area contributed by atoms with E-state index in [4.69, 9.17) is 5.10 Å². The van der Waals surface area contributed by atoms with Crippen LogP contribution in [-0.2, 0) is 6.42 Å². The van der Waals surface area contributed by atoms with Gasteiger partial charge in [-0.2, -0.15) is 5.10 Å². The van der Waals surface area contributed by atoms with Gasteiger partial charge in [0, 0.05) is 49.6 Å². The van der Waals surface area contributed by atoms with E-state index in [0.717, 1.165) is 59.8 Å². The van der Waals surface area contributed by atoms with Gasteiger partial charge in [-0.15, -0.1) is 0 Å². The number of nitrogens with zero attached hydrogens (tertiary/aromatic N) is 4. The first-order chi connectivity index (χ1) is 14.0. The second kappa shape index (κ2) is 7.58. The third-order valence-electron chi connectivity index (χ3n) is 5.42. The van der Waals surface area contributed by atoms with Gasteiger partial charge in [-0.25, -0.2) is 4.68 Å². The number of rotatable bonds is 4. The number of non-ortho nitro benzene ring substituents is 1. The molecule has 0 fully saturated rings. The minimum Gasteiger partial charge on any atom is -0.378 e. The van der Waals surface area contributed by atoms with E-state index in [1.807, 2.05) is 25.7 Å². The molecule has 4 rings (SSSR count). The number of nitro groups is 1. The molecule has 0 aliphatic carbocycles. The van der Waals surface area contributed by atoms with Crippen LogP contribution in [0, 0.1) is 17.0 Å². The Morgan fingerprint density at radius 1 is 1.14 bits per heavy atom. The molecule has 0 saturated carbocycles. The van der Waals surface area contributed by atoms with Crippen molar-refractivity contribution in [2.75, 3.05) is 30.9 Å². The van der Waals surface area contributed by atoms with E-state index in [0.29, 0.717) is 0 Å². The van der Waals surface area contributed by atoms with Gasteiger partial charge >= 0.3 is 0 Å². The fraction of sp³-hybridized carbons (Fsp3) is 0.318. The second-order valence-corrected chi connectivity index (χ2v) is 7.64. The molecule has 1 aliphatic rings. The summed E-state index contributed by atoms with van der Waals surface area (Å²) in [4.78, 5) is 13.0. The SMILES string of the molecule is Cc1ccc([N+](=O)[O-])cc1-n1nc(-c2ccc(N(C)C)cc2)c2c1NCCCC2. The quantitative estimate of drug-likeness (QED) is 0.521. The Kier molecular flexibility index (Phi) is 4.96. The maximum absolute atomic E-state index is 11.3. The lowest BCUT2D eigenvalue weighted by Crippen LogP contribution is -2.08. The van der Waals surface area contributed by atoms with E-state index in [2.05, 4.69) is 34.5 Å². The third kappa shape index (κ3) is 3.55. The lowest BCUT2D eigenvalue weighted by molar-refractivity contribution is -0.384. The minimum absolute atomic E-state index is 0.0698. The fourth-order valence-electron chi connectivity index (χ4n) is 3.77. The zero-order valence-corrected chi connectivity index (χ0v) is 17.0. The van der Waals surface area contributed by atoms with E-state index in [1.54, 1.807) is 12.1 Å². The largest absolute Gasteiger partial charge is 0.378 e. The lowest BCUT2D eigenvalue weighted by Gasteiger charge is -2.12. The Bertz CT molecular complexity index is 1050. The molecule has 0 radical (unpaired) electrons. The van der Waals surface area contributed by atoms with Crippen LogP contribution in [0.4, 0.5) is 17.2 Å². The number of benzene rings is 2. The number of hydrogen-bond acceptors (Lipinski definition) is 5. The zero-order chi connectivity index (χ0) is 20.5. The summed E-state index contributed by atoms with van der Waals surface area (Å²) in [5.74, 6) is 0.942. The molecule has 0 saturated heterocycles. The molecule has 3 aromatic rings. The van der Waals surface area contributed by atoms with E-state index in [9.17, 15) is 10.1 Å². The molecule has 1 aromatic heterocycles. The molecule has 2 aromatic carbocycles. The van der Waals surface area contributed by atoms with Crippen molar-refractivity contribution < 1.29 is 4.92 Å². The van der Waals surface area contributed by atoms with Crippen LogP contribution < -0.4 is 10.2 Å². The van der Waals surface area contributed by atoms with Crippen molar-refractivity contribution in [3.05, 3.63) is 63.7 Å². The average molecular weight is 391 g/mol. The monoisotopic (exact) mass is 391 g/mol. The summed E-state index contributed by atoms with van der Waals surface area (Å²) < 4.78 is 1.85. The van der Waals surface area contributed by atoms with Crippen LogP contribution in [-0.4, -0.2) is 35.3 Å². The maximum Gasteiger partial charge on any atom is 0.271 e. The van der Waals surface area contributed by atoms with E-state index >= 15 is 0 Å². The van der Waals surface area contributed by atoms with Crippen LogP contribution in [0.2, 0.25) is 0 Å². The molecule has 7 nitrogen and oxygen atoms in total. The molecule has 7 heteroatoms. The van der Waals surface area contributed by atoms with Crippen molar-refractivity contribution in [1.29, 1.82) is 0 Å². The molecular formula is C22H25N5O2. The van der Waals surface area contributed by atoms with Gasteiger partial charge in [0.25, 0.3) is 5.69 Å². The Labute approximate surface area is 170 Å². The minimum atomic E-state index is -0.362. The van der Waals surface area contributed by atoms with Crippen LogP contribution in [0.3, 0.4) is 0 Å². The first-order valence-corrected chi connectivity index (χ1v) is 9.84. The van der Waals surface area contributed by atoms with Gasteiger partial charge in [-0.1, -0.05) is 18.2 Å². The second-order valence-electron chi connectivity index (χ2n) is 7.64. The fourth-order valence-corrected chi connectivity index (χ4v) is 3.77. The van der Waals surface area contributed by atoms with E-state index < -0.39 is 0 Å². The van der Waals surface area contributed by atoms with Crippen LogP contribution in [0.25, 0.3) is 16.9 Å². The summed E-state index contributed by atoms with van der Waals surface area (Å²) in [5, 5.41) is 19.7. The molecule has 0 bridgehead atoms. The Morgan fingerprint density at radius 2 is 1.90 bits per heavy atom. The third-order valence-corrected chi connectivity index (χ3v) is 5.42. The molecule has 0 atom stereocenters. The highest BCUT2D eigenvalue weighted by Crippen LogP contribution is 2.35. The summed E-state index contributed by atoms with van der Waals surface area (Å²) in [6.45, 7) is 2.82. The van der Waals surface area contributed by atoms with Gasteiger partial charge in [0.05, 0.1) is 16.3 Å². The summed E-state index contributed by atoms with van der Waals surface area (Å²) in [5.41, 5.74) is 6.05. The highest BCUT2D eigenvalue weighted by Gasteiger charge is 2.23. The summed E-state index contributed by atoms with van der Waals surface area (Å²) in [6.07, 6.45) is 3.10. The summed E-state index contributed by atoms with van der Waals surface area (Å²) >= 11 is 0. The topological polar surface area (TPSA) is 76.2 Å². The highest BCUT2D eigenvalue weighted by atomic mass is 16.6. The number of fused-ring (bicyclic) bond motifs is 1. The number of anilines is 2. The predicted octanol–water partition coefficient (Wildman–Crippen LogP) is 4.57. The van der Waals surface area contributed by atoms with Gasteiger partial charge in [0.15, 0.2) is 0 Å². The van der Waals surface area contributed by atoms with Gasteiger partial charge in [-0.3, -0.25) is 10.1 Å². The normalized spacial score (nSPS) is 13.3. The van der Waals surface area contributed by atoms with Crippen LogP contribution >= 0.6 is 0 Å². The molecule has 0 spiro atoms. The van der Waals surface area contributed by atoms with E-state index in [1.165, 1.54) is 11.6 Å². The molecule has 0 amide bonds. The molecular weight excluding hydrogens is 366 g/mol. The first kappa shape index (κ1) is 19.0. The van der Waals surface area contributed by atoms with Crippen LogP contribution in [0.1, 0.15) is 24.0 Å². The van der Waals surface area contributed by atoms with Crippen LogP contribution in [0.15, 0.2) is 42.5 Å². The highest BCUT2D eigenvalue weighted by molar-refractivity contribution is 5.73. The number of nitrogens with one attached hydrogen (secondary N) is 1. The van der Waals surface area contributed by atoms with Gasteiger partial charge < -0.3 is 10.2 Å². The van der Waals surface area contributed by atoms with Crippen molar-refractivity contribution >= 4 is 17.2 Å². The number of nitro benzene ring substituents is 1. The zero-order valence-electron chi connectivity index (χ0n) is 17.0. The van der Waals surface area contributed by atoms with Crippen molar-refractivity contribution in [3.8, 4) is 16.9 Å². The molecule has 1 N–H and O–H groups in total. The van der Waals surface area contributed by atoms with Gasteiger partial charge in [0.2, 0.25) is 0 Å². The van der Waals surface area contributed by atoms with Crippen molar-refractivity contribution in [2.45, 2.75) is 26.2 Å². The molecule has 29 heavy (non-hydrogen) atoms. The standard InChI is InChI=1S/C22H25N5O2/c1-15-7-10-18(27(28)29)14-20(15)26-22-19(6-4-5-13-23-22)21(24-26)16-8-11-17(12-9-16)25(2)3/h7-12,14,23H,4-6,13H2,1-3H3. The van der Waals surface area contributed by atoms with E-state index in [-0.39, 0.29) is 10.6 Å². The number of hydrogen-bond donors (Lipinski definition) is 1. The summed E-state index contributed by atoms with van der Waals surface area (Å²) in [7, 11) is 4.04. The van der Waals surface area contributed by atoms with Crippen LogP contribution in [0.5, 0.6) is 0 Å². The van der Waals surface area contributed by atoms with Crippen molar-refractivity contribution in [3.63, 3.8) is 0 Å². The number of aryl methyl sites for hydroxylation is 1. The number of aromatic nitrogens is 2. The van der Waals surface area contributed by atoms with Crippen molar-refractivity contribution in [2.24, 2.45) is 0 Å². The molecule has 2 heterocycles. The van der Waals surface area contributed by atoms with Crippen molar-refractivity contribution in [1.82, 2.24) is 9.78 Å². The Hall–Kier alpha value is -3.35. The molecule has 1 aliphatic heterocycles. The lowest BCUT2D eigenvalue weighted by atomic mass is 10.0. The Balaban J connectivity index is 1.88. The molecule has 150 valence electrons.